The Morgan fingerprint density at radius 1 is 0.897 bits per heavy atom. The number of carbonyl (C=O) groups is 2. The Morgan fingerprint density at radius 2 is 1.52 bits per heavy atom. The van der Waals surface area contributed by atoms with Crippen LogP contribution in [0.25, 0.3) is 0 Å². The molecule has 1 saturated heterocycles. The molecule has 2 aliphatic carbocycles. The zero-order chi connectivity index (χ0) is 19.8. The second-order valence-electron chi connectivity index (χ2n) is 9.24. The van der Waals surface area contributed by atoms with Crippen LogP contribution in [-0.2, 0) is 16.0 Å². The van der Waals surface area contributed by atoms with E-state index in [-0.39, 0.29) is 11.8 Å². The van der Waals surface area contributed by atoms with E-state index in [1.807, 2.05) is 23.1 Å². The predicted octanol–water partition coefficient (Wildman–Crippen LogP) is 1.50. The molecule has 1 N–H and O–H groups in total. The van der Waals surface area contributed by atoms with Gasteiger partial charge in [0, 0.05) is 44.5 Å². The van der Waals surface area contributed by atoms with Gasteiger partial charge in [-0.2, -0.15) is 0 Å². The lowest BCUT2D eigenvalue weighted by Crippen LogP contribution is -2.52. The van der Waals surface area contributed by atoms with Crippen molar-refractivity contribution in [1.29, 1.82) is 0 Å². The van der Waals surface area contributed by atoms with Gasteiger partial charge in [0.1, 0.15) is 0 Å². The summed E-state index contributed by atoms with van der Waals surface area (Å²) in [6.45, 7) is 5.18. The highest BCUT2D eigenvalue weighted by Crippen LogP contribution is 2.44. The molecular weight excluding hydrogens is 364 g/mol. The van der Waals surface area contributed by atoms with Crippen LogP contribution >= 0.6 is 0 Å². The molecule has 4 aliphatic rings. The largest absolute Gasteiger partial charge is 0.352 e. The molecule has 2 saturated carbocycles. The number of para-hydroxylation sites is 1. The molecule has 2 aliphatic heterocycles. The third-order valence-electron chi connectivity index (χ3n) is 6.97. The molecule has 0 aromatic heterocycles. The molecule has 0 atom stereocenters. The smallest absolute Gasteiger partial charge is 0.241 e. The van der Waals surface area contributed by atoms with E-state index < -0.39 is 0 Å². The monoisotopic (exact) mass is 396 g/mol. The maximum atomic E-state index is 12.8. The van der Waals surface area contributed by atoms with Crippen LogP contribution in [-0.4, -0.2) is 73.5 Å². The lowest BCUT2D eigenvalue weighted by molar-refractivity contribution is -0.124. The van der Waals surface area contributed by atoms with Crippen LogP contribution in [0.15, 0.2) is 24.3 Å². The Hall–Kier alpha value is -1.92. The van der Waals surface area contributed by atoms with Gasteiger partial charge in [-0.25, -0.2) is 0 Å². The first-order chi connectivity index (χ1) is 14.2. The number of rotatable bonds is 7. The van der Waals surface area contributed by atoms with Crippen LogP contribution in [0, 0.1) is 11.8 Å². The summed E-state index contributed by atoms with van der Waals surface area (Å²) in [7, 11) is 0. The van der Waals surface area contributed by atoms with Crippen LogP contribution in [0.5, 0.6) is 0 Å². The predicted molar refractivity (Wildman–Crippen MR) is 113 cm³/mol. The van der Waals surface area contributed by atoms with Gasteiger partial charge >= 0.3 is 0 Å². The van der Waals surface area contributed by atoms with Crippen molar-refractivity contribution in [2.75, 3.05) is 50.7 Å². The van der Waals surface area contributed by atoms with Crippen molar-refractivity contribution in [3.05, 3.63) is 29.8 Å². The minimum absolute atomic E-state index is 0.187. The molecule has 0 bridgehead atoms. The molecule has 29 heavy (non-hydrogen) atoms. The summed E-state index contributed by atoms with van der Waals surface area (Å²) in [5.41, 5.74) is 2.35. The molecule has 6 heteroatoms. The zero-order valence-electron chi connectivity index (χ0n) is 17.2. The van der Waals surface area contributed by atoms with Gasteiger partial charge in [-0.15, -0.1) is 0 Å². The Bertz CT molecular complexity index is 754. The standard InChI is InChI=1S/C23H32N4O2/c28-21(24-23(18-5-6-18)19-7-8-19)15-25-11-13-26(14-12-25)16-22(29)27-10-9-17-3-1-2-4-20(17)27/h1-4,18-19,23H,5-16H2,(H,24,28). The minimum Gasteiger partial charge on any atom is -0.352 e. The van der Waals surface area contributed by atoms with Crippen LogP contribution in [0.4, 0.5) is 5.69 Å². The number of amides is 2. The van der Waals surface area contributed by atoms with Gasteiger partial charge in [0.15, 0.2) is 0 Å². The molecule has 1 aromatic rings. The SMILES string of the molecule is O=C(CN1CCN(CC(=O)N2CCc3ccccc32)CC1)NC(C1CC1)C1CC1. The fourth-order valence-electron chi connectivity index (χ4n) is 4.95. The van der Waals surface area contributed by atoms with E-state index in [2.05, 4.69) is 21.2 Å². The summed E-state index contributed by atoms with van der Waals surface area (Å²) in [5.74, 6) is 1.86. The summed E-state index contributed by atoms with van der Waals surface area (Å²) in [5, 5.41) is 3.32. The number of piperazine rings is 1. The fourth-order valence-corrected chi connectivity index (χ4v) is 4.95. The number of nitrogens with one attached hydrogen (secondary N) is 1. The summed E-state index contributed by atoms with van der Waals surface area (Å²) in [6, 6.07) is 8.64. The third kappa shape index (κ3) is 4.48. The van der Waals surface area contributed by atoms with E-state index in [4.69, 9.17) is 0 Å². The van der Waals surface area contributed by atoms with E-state index in [0.717, 1.165) is 56.7 Å². The maximum Gasteiger partial charge on any atom is 0.241 e. The molecule has 1 aromatic carbocycles. The van der Waals surface area contributed by atoms with E-state index in [1.54, 1.807) is 0 Å². The highest BCUT2D eigenvalue weighted by Gasteiger charge is 2.42. The first kappa shape index (κ1) is 19.1. The molecular formula is C23H32N4O2. The van der Waals surface area contributed by atoms with Crippen molar-refractivity contribution in [2.24, 2.45) is 11.8 Å². The zero-order valence-corrected chi connectivity index (χ0v) is 17.2. The molecule has 0 spiro atoms. The summed E-state index contributed by atoms with van der Waals surface area (Å²) >= 11 is 0. The summed E-state index contributed by atoms with van der Waals surface area (Å²) in [4.78, 5) is 31.7. The maximum absolute atomic E-state index is 12.8. The first-order valence-corrected chi connectivity index (χ1v) is 11.3. The Labute approximate surface area is 173 Å². The van der Waals surface area contributed by atoms with Gasteiger partial charge in [0.25, 0.3) is 0 Å². The number of fused-ring (bicyclic) bond motifs is 1. The van der Waals surface area contributed by atoms with E-state index in [1.165, 1.54) is 31.2 Å². The van der Waals surface area contributed by atoms with Gasteiger partial charge in [0.2, 0.25) is 11.8 Å². The average molecular weight is 397 g/mol. The number of carbonyl (C=O) groups excluding carboxylic acids is 2. The van der Waals surface area contributed by atoms with E-state index >= 15 is 0 Å². The lowest BCUT2D eigenvalue weighted by atomic mass is 10.1. The van der Waals surface area contributed by atoms with Crippen LogP contribution in [0.1, 0.15) is 31.2 Å². The second kappa shape index (κ2) is 8.07. The average Bonchev–Trinajstić information content (AvgIpc) is 3.65. The van der Waals surface area contributed by atoms with Crippen molar-refractivity contribution in [3.63, 3.8) is 0 Å². The normalized spacial score (nSPS) is 22.7. The lowest BCUT2D eigenvalue weighted by Gasteiger charge is -2.35. The Kier molecular flexibility index (Phi) is 5.31. The molecule has 3 fully saturated rings. The fraction of sp³-hybridized carbons (Fsp3) is 0.652. The highest BCUT2D eigenvalue weighted by atomic mass is 16.2. The van der Waals surface area contributed by atoms with Gasteiger partial charge in [-0.1, -0.05) is 18.2 Å². The highest BCUT2D eigenvalue weighted by molar-refractivity contribution is 5.96. The van der Waals surface area contributed by atoms with Crippen LogP contribution in [0.2, 0.25) is 0 Å². The van der Waals surface area contributed by atoms with Gasteiger partial charge in [0.05, 0.1) is 13.1 Å². The van der Waals surface area contributed by atoms with Gasteiger partial charge in [-0.05, 0) is 55.6 Å². The van der Waals surface area contributed by atoms with Gasteiger partial charge < -0.3 is 10.2 Å². The third-order valence-corrected chi connectivity index (χ3v) is 6.97. The minimum atomic E-state index is 0.187. The van der Waals surface area contributed by atoms with Crippen molar-refractivity contribution < 1.29 is 9.59 Å². The van der Waals surface area contributed by atoms with Crippen molar-refractivity contribution in [2.45, 2.75) is 38.1 Å². The van der Waals surface area contributed by atoms with Crippen molar-refractivity contribution >= 4 is 17.5 Å². The number of nitrogens with zero attached hydrogens (tertiary/aromatic N) is 3. The Morgan fingerprint density at radius 3 is 2.17 bits per heavy atom. The van der Waals surface area contributed by atoms with Crippen LogP contribution in [0.3, 0.4) is 0 Å². The van der Waals surface area contributed by atoms with E-state index in [9.17, 15) is 9.59 Å². The molecule has 2 amide bonds. The number of hydrogen-bond donors (Lipinski definition) is 1. The first-order valence-electron chi connectivity index (χ1n) is 11.3. The number of benzene rings is 1. The quantitative estimate of drug-likeness (QED) is 0.759. The summed E-state index contributed by atoms with van der Waals surface area (Å²) < 4.78 is 0. The molecule has 0 radical (unpaired) electrons. The van der Waals surface area contributed by atoms with Crippen molar-refractivity contribution in [1.82, 2.24) is 15.1 Å². The molecule has 6 nitrogen and oxygen atoms in total. The Balaban J connectivity index is 1.06. The molecule has 0 unspecified atom stereocenters. The molecule has 156 valence electrons. The summed E-state index contributed by atoms with van der Waals surface area (Å²) in [6.07, 6.45) is 6.10. The number of anilines is 1. The second-order valence-corrected chi connectivity index (χ2v) is 9.24. The van der Waals surface area contributed by atoms with Crippen molar-refractivity contribution in [3.8, 4) is 0 Å². The number of hydrogen-bond acceptors (Lipinski definition) is 4. The van der Waals surface area contributed by atoms with E-state index in [0.29, 0.717) is 19.1 Å². The van der Waals surface area contributed by atoms with Gasteiger partial charge in [-0.3, -0.25) is 19.4 Å². The molecule has 2 heterocycles. The van der Waals surface area contributed by atoms with Crippen LogP contribution < -0.4 is 10.2 Å². The molecule has 5 rings (SSSR count). The topological polar surface area (TPSA) is 55.9 Å².